The maximum absolute atomic E-state index is 11.7. The van der Waals surface area contributed by atoms with Crippen LogP contribution in [-0.4, -0.2) is 75.2 Å². The highest BCUT2D eigenvalue weighted by atomic mass is 16.5. The average Bonchev–Trinajstić information content (AvgIpc) is 2.70. The van der Waals surface area contributed by atoms with E-state index in [1.807, 2.05) is 6.07 Å². The number of esters is 1. The Morgan fingerprint density at radius 1 is 1.30 bits per heavy atom. The lowest BCUT2D eigenvalue weighted by Crippen LogP contribution is -2.47. The molecule has 1 saturated heterocycles. The molecular weight excluding hydrogens is 340 g/mol. The first-order valence-electron chi connectivity index (χ1n) is 9.86. The Kier molecular flexibility index (Phi) is 8.58. The number of hydrogen-bond donors (Lipinski definition) is 1. The van der Waals surface area contributed by atoms with Crippen molar-refractivity contribution in [2.75, 3.05) is 47.4 Å². The topological polar surface area (TPSA) is 57.2 Å². The van der Waals surface area contributed by atoms with Crippen molar-refractivity contribution < 1.29 is 9.53 Å². The molecule has 0 aliphatic carbocycles. The van der Waals surface area contributed by atoms with E-state index in [1.165, 1.54) is 12.7 Å². The molecular formula is C21H34N4O2. The van der Waals surface area contributed by atoms with Crippen molar-refractivity contribution in [3.8, 4) is 0 Å². The number of nitrogens with zero attached hydrogens (tertiary/aromatic N) is 3. The molecule has 1 unspecified atom stereocenters. The molecule has 1 heterocycles. The Labute approximate surface area is 163 Å². The Morgan fingerprint density at radius 3 is 2.52 bits per heavy atom. The molecule has 1 aromatic rings. The zero-order valence-corrected chi connectivity index (χ0v) is 17.1. The van der Waals surface area contributed by atoms with Crippen LogP contribution in [0.4, 0.5) is 0 Å². The van der Waals surface area contributed by atoms with E-state index >= 15 is 0 Å². The molecule has 150 valence electrons. The average molecular weight is 375 g/mol. The summed E-state index contributed by atoms with van der Waals surface area (Å²) in [5, 5.41) is 3.41. The van der Waals surface area contributed by atoms with Gasteiger partial charge in [0.1, 0.15) is 0 Å². The molecule has 0 amide bonds. The second-order valence-corrected chi connectivity index (χ2v) is 7.29. The number of likely N-dealkylation sites (N-methyl/N-ethyl adjacent to an activating group) is 1. The van der Waals surface area contributed by atoms with Crippen LogP contribution in [0, 0.1) is 5.92 Å². The van der Waals surface area contributed by atoms with E-state index in [-0.39, 0.29) is 11.9 Å². The van der Waals surface area contributed by atoms with E-state index < -0.39 is 0 Å². The van der Waals surface area contributed by atoms with E-state index in [1.54, 1.807) is 0 Å². The molecule has 1 fully saturated rings. The minimum atomic E-state index is -0.0906. The number of hydrogen-bond acceptors (Lipinski definition) is 4. The zero-order chi connectivity index (χ0) is 19.6. The number of aliphatic imine (C=N–C) groups is 1. The summed E-state index contributed by atoms with van der Waals surface area (Å²) < 4.78 is 4.89. The highest BCUT2D eigenvalue weighted by Gasteiger charge is 2.27. The number of carbonyl (C=O) groups excluding carboxylic acids is 1. The lowest BCUT2D eigenvalue weighted by atomic mass is 9.97. The first-order valence-corrected chi connectivity index (χ1v) is 9.86. The van der Waals surface area contributed by atoms with Gasteiger partial charge in [-0.15, -0.1) is 0 Å². The van der Waals surface area contributed by atoms with Gasteiger partial charge in [0.2, 0.25) is 0 Å². The second-order valence-electron chi connectivity index (χ2n) is 7.29. The van der Waals surface area contributed by atoms with Crippen LogP contribution < -0.4 is 5.32 Å². The van der Waals surface area contributed by atoms with Crippen LogP contribution in [0.3, 0.4) is 0 Å². The van der Waals surface area contributed by atoms with Crippen molar-refractivity contribution in [2.45, 2.75) is 32.2 Å². The number of likely N-dealkylation sites (tertiary alicyclic amines) is 1. The molecule has 1 aromatic carbocycles. The first kappa shape index (κ1) is 21.2. The molecule has 1 atom stereocenters. The van der Waals surface area contributed by atoms with Crippen molar-refractivity contribution >= 4 is 11.9 Å². The second kappa shape index (κ2) is 10.9. The Balaban J connectivity index is 1.99. The Bertz CT molecular complexity index is 595. The van der Waals surface area contributed by atoms with Gasteiger partial charge in [0.15, 0.2) is 5.96 Å². The van der Waals surface area contributed by atoms with Crippen molar-refractivity contribution in [3.05, 3.63) is 35.9 Å². The normalized spacial score (nSPS) is 17.1. The molecule has 1 aliphatic rings. The van der Waals surface area contributed by atoms with Gasteiger partial charge >= 0.3 is 5.97 Å². The minimum absolute atomic E-state index is 0.0155. The maximum Gasteiger partial charge on any atom is 0.308 e. The molecule has 1 N–H and O–H groups in total. The van der Waals surface area contributed by atoms with Crippen LogP contribution in [-0.2, 0) is 16.0 Å². The third-order valence-electron chi connectivity index (χ3n) is 5.16. The standard InChI is InChI=1S/C21H34N4O2/c1-5-22-21(25-13-11-18(12-14-25)20(26)27-4)23-16-19(24(2)3)15-17-9-7-6-8-10-17/h6-10,18-19H,5,11-16H2,1-4H3,(H,22,23). The summed E-state index contributed by atoms with van der Waals surface area (Å²) in [6.07, 6.45) is 2.61. The van der Waals surface area contributed by atoms with Gasteiger partial charge in [-0.3, -0.25) is 9.79 Å². The van der Waals surface area contributed by atoms with Crippen LogP contribution in [0.2, 0.25) is 0 Å². The fourth-order valence-corrected chi connectivity index (χ4v) is 3.41. The molecule has 0 aromatic heterocycles. The Morgan fingerprint density at radius 2 is 1.96 bits per heavy atom. The molecule has 0 bridgehead atoms. The van der Waals surface area contributed by atoms with E-state index in [4.69, 9.17) is 9.73 Å². The van der Waals surface area contributed by atoms with Gasteiger partial charge in [-0.05, 0) is 45.8 Å². The summed E-state index contributed by atoms with van der Waals surface area (Å²) in [7, 11) is 5.68. The van der Waals surface area contributed by atoms with Gasteiger partial charge in [-0.2, -0.15) is 0 Å². The highest BCUT2D eigenvalue weighted by molar-refractivity contribution is 5.80. The monoisotopic (exact) mass is 374 g/mol. The van der Waals surface area contributed by atoms with Crippen molar-refractivity contribution in [2.24, 2.45) is 10.9 Å². The lowest BCUT2D eigenvalue weighted by molar-refractivity contribution is -0.146. The van der Waals surface area contributed by atoms with Gasteiger partial charge in [0, 0.05) is 25.7 Å². The quantitative estimate of drug-likeness (QED) is 0.449. The van der Waals surface area contributed by atoms with Gasteiger partial charge < -0.3 is 19.9 Å². The molecule has 6 nitrogen and oxygen atoms in total. The molecule has 0 saturated carbocycles. The van der Waals surface area contributed by atoms with E-state index in [2.05, 4.69) is 60.4 Å². The highest BCUT2D eigenvalue weighted by Crippen LogP contribution is 2.18. The molecule has 0 radical (unpaired) electrons. The van der Waals surface area contributed by atoms with Crippen LogP contribution >= 0.6 is 0 Å². The van der Waals surface area contributed by atoms with E-state index in [9.17, 15) is 4.79 Å². The van der Waals surface area contributed by atoms with Crippen LogP contribution in [0.25, 0.3) is 0 Å². The third kappa shape index (κ3) is 6.54. The van der Waals surface area contributed by atoms with Crippen molar-refractivity contribution in [1.29, 1.82) is 0 Å². The zero-order valence-electron chi connectivity index (χ0n) is 17.1. The molecule has 6 heteroatoms. The van der Waals surface area contributed by atoms with Crippen LogP contribution in [0.1, 0.15) is 25.3 Å². The lowest BCUT2D eigenvalue weighted by Gasteiger charge is -2.33. The van der Waals surface area contributed by atoms with E-state index in [0.29, 0.717) is 6.04 Å². The number of methoxy groups -OCH3 is 1. The molecule has 0 spiro atoms. The predicted molar refractivity (Wildman–Crippen MR) is 110 cm³/mol. The summed E-state index contributed by atoms with van der Waals surface area (Å²) in [5.41, 5.74) is 1.33. The summed E-state index contributed by atoms with van der Waals surface area (Å²) in [5.74, 6) is 0.870. The SMILES string of the molecule is CCNC(=NCC(Cc1ccccc1)N(C)C)N1CCC(C(=O)OC)CC1. The minimum Gasteiger partial charge on any atom is -0.469 e. The summed E-state index contributed by atoms with van der Waals surface area (Å²) in [4.78, 5) is 21.2. The predicted octanol–water partition coefficient (Wildman–Crippen LogP) is 2.01. The fourth-order valence-electron chi connectivity index (χ4n) is 3.41. The number of piperidine rings is 1. The third-order valence-corrected chi connectivity index (χ3v) is 5.16. The molecule has 2 rings (SSSR count). The van der Waals surface area contributed by atoms with Crippen molar-refractivity contribution in [3.63, 3.8) is 0 Å². The van der Waals surface area contributed by atoms with Gasteiger partial charge in [0.05, 0.1) is 19.6 Å². The number of nitrogens with one attached hydrogen (secondary N) is 1. The Hall–Kier alpha value is -2.08. The molecule has 1 aliphatic heterocycles. The number of carbonyl (C=O) groups is 1. The largest absolute Gasteiger partial charge is 0.469 e. The van der Waals surface area contributed by atoms with Crippen molar-refractivity contribution in [1.82, 2.24) is 15.1 Å². The maximum atomic E-state index is 11.7. The summed E-state index contributed by atoms with van der Waals surface area (Å²) >= 11 is 0. The molecule has 27 heavy (non-hydrogen) atoms. The van der Waals surface area contributed by atoms with Crippen LogP contribution in [0.5, 0.6) is 0 Å². The number of rotatable bonds is 7. The van der Waals surface area contributed by atoms with Gasteiger partial charge in [0.25, 0.3) is 0 Å². The summed E-state index contributed by atoms with van der Waals surface area (Å²) in [6, 6.07) is 10.9. The smallest absolute Gasteiger partial charge is 0.308 e. The van der Waals surface area contributed by atoms with Crippen LogP contribution in [0.15, 0.2) is 35.3 Å². The van der Waals surface area contributed by atoms with Gasteiger partial charge in [-0.25, -0.2) is 0 Å². The number of benzene rings is 1. The summed E-state index contributed by atoms with van der Waals surface area (Å²) in [6.45, 7) is 5.32. The number of ether oxygens (including phenoxy) is 1. The van der Waals surface area contributed by atoms with Gasteiger partial charge in [-0.1, -0.05) is 30.3 Å². The fraction of sp³-hybridized carbons (Fsp3) is 0.619. The first-order chi connectivity index (χ1) is 13.0. The number of guanidine groups is 1. The van der Waals surface area contributed by atoms with E-state index in [0.717, 1.165) is 51.4 Å².